The van der Waals surface area contributed by atoms with Gasteiger partial charge < -0.3 is 13.9 Å². The van der Waals surface area contributed by atoms with Gasteiger partial charge in [0.2, 0.25) is 5.13 Å². The molecular weight excluding hydrogens is 412 g/mol. The second-order valence-corrected chi connectivity index (χ2v) is 8.32. The van der Waals surface area contributed by atoms with E-state index in [1.807, 2.05) is 56.3 Å². The third-order valence-corrected chi connectivity index (χ3v) is 5.77. The molecule has 0 fully saturated rings. The number of methoxy groups -OCH3 is 2. The molecule has 7 heteroatoms. The van der Waals surface area contributed by atoms with Crippen molar-refractivity contribution in [2.45, 2.75) is 20.8 Å². The average molecular weight is 435 g/mol. The fraction of sp³-hybridized carbons (Fsp3) is 0.208. The van der Waals surface area contributed by atoms with Crippen LogP contribution in [0.2, 0.25) is 0 Å². The van der Waals surface area contributed by atoms with E-state index in [2.05, 4.69) is 4.98 Å². The second kappa shape index (κ2) is 8.35. The minimum atomic E-state index is -0.0648. The molecule has 0 aliphatic carbocycles. The largest absolute Gasteiger partial charge is 0.493 e. The molecule has 0 bridgehead atoms. The Hall–Kier alpha value is -3.45. The highest BCUT2D eigenvalue weighted by Crippen LogP contribution is 2.33. The number of aryl methyl sites for hydroxylation is 2. The number of Topliss-reactive ketones (excluding diaryl/α,β-unsaturated/α-hetero) is 1. The maximum absolute atomic E-state index is 11.8. The highest BCUT2D eigenvalue weighted by molar-refractivity contribution is 7.15. The van der Waals surface area contributed by atoms with Gasteiger partial charge in [-0.3, -0.25) is 4.79 Å². The fourth-order valence-corrected chi connectivity index (χ4v) is 4.21. The van der Waals surface area contributed by atoms with Gasteiger partial charge >= 0.3 is 0 Å². The van der Waals surface area contributed by atoms with Crippen molar-refractivity contribution in [3.63, 3.8) is 0 Å². The van der Waals surface area contributed by atoms with Gasteiger partial charge in [0.05, 0.1) is 19.6 Å². The van der Waals surface area contributed by atoms with Crippen LogP contribution >= 0.6 is 11.3 Å². The highest BCUT2D eigenvalue weighted by Gasteiger charge is 2.13. The van der Waals surface area contributed by atoms with E-state index < -0.39 is 0 Å². The molecule has 6 nitrogen and oxygen atoms in total. The summed E-state index contributed by atoms with van der Waals surface area (Å²) >= 11 is 1.40. The molecule has 4 rings (SSSR count). The molecule has 0 saturated carbocycles. The summed E-state index contributed by atoms with van der Waals surface area (Å²) in [6, 6.07) is 13.4. The zero-order chi connectivity index (χ0) is 22.1. The quantitative estimate of drug-likeness (QED) is 0.381. The van der Waals surface area contributed by atoms with Gasteiger partial charge in [0.25, 0.3) is 0 Å². The maximum Gasteiger partial charge on any atom is 0.210 e. The molecule has 0 saturated heterocycles. The van der Waals surface area contributed by atoms with E-state index >= 15 is 0 Å². The molecule has 31 heavy (non-hydrogen) atoms. The topological polar surface area (TPSA) is 73.9 Å². The molecule has 0 spiro atoms. The molecule has 2 aromatic heterocycles. The van der Waals surface area contributed by atoms with E-state index in [1.165, 1.54) is 18.3 Å². The van der Waals surface area contributed by atoms with Crippen molar-refractivity contribution >= 4 is 33.2 Å². The van der Waals surface area contributed by atoms with Crippen molar-refractivity contribution in [1.82, 2.24) is 4.98 Å². The van der Waals surface area contributed by atoms with E-state index in [1.54, 1.807) is 14.2 Å². The standard InChI is InChI=1S/C24H22N2O4S/c1-13-6-8-19-17(10-13)18(25-24-26-23(14(2)27)15(3)31-24)12-21(30-19)16-7-9-20(28-4)22(11-16)29-5/h6-12H,1-5H3/b25-18+. The molecule has 4 aromatic rings. The Morgan fingerprint density at radius 2 is 1.81 bits per heavy atom. The number of aromatic nitrogens is 1. The average Bonchev–Trinajstić information content (AvgIpc) is 3.13. The first-order valence-electron chi connectivity index (χ1n) is 9.69. The Balaban J connectivity index is 1.95. The van der Waals surface area contributed by atoms with Crippen LogP contribution in [0.4, 0.5) is 5.13 Å². The summed E-state index contributed by atoms with van der Waals surface area (Å²) in [6.07, 6.45) is 0. The van der Waals surface area contributed by atoms with Gasteiger partial charge in [-0.25, -0.2) is 9.98 Å². The van der Waals surface area contributed by atoms with E-state index in [0.717, 1.165) is 26.7 Å². The molecular formula is C24H22N2O4S. The van der Waals surface area contributed by atoms with Crippen LogP contribution in [0, 0.1) is 13.8 Å². The predicted octanol–water partition coefficient (Wildman–Crippen LogP) is 5.63. The molecule has 0 aliphatic heterocycles. The van der Waals surface area contributed by atoms with E-state index in [9.17, 15) is 4.79 Å². The van der Waals surface area contributed by atoms with Gasteiger partial charge in [0.1, 0.15) is 17.0 Å². The number of hydrogen-bond donors (Lipinski definition) is 0. The summed E-state index contributed by atoms with van der Waals surface area (Å²) in [4.78, 5) is 21.9. The maximum atomic E-state index is 11.8. The normalized spacial score (nSPS) is 11.7. The van der Waals surface area contributed by atoms with Crippen molar-refractivity contribution in [2.24, 2.45) is 4.99 Å². The third-order valence-electron chi connectivity index (χ3n) is 4.90. The van der Waals surface area contributed by atoms with Crippen molar-refractivity contribution in [3.8, 4) is 22.8 Å². The van der Waals surface area contributed by atoms with Crippen LogP contribution in [0.3, 0.4) is 0 Å². The highest BCUT2D eigenvalue weighted by atomic mass is 32.1. The number of nitrogens with zero attached hydrogens (tertiary/aromatic N) is 2. The molecule has 2 heterocycles. The lowest BCUT2D eigenvalue weighted by atomic mass is 10.1. The van der Waals surface area contributed by atoms with Gasteiger partial charge in [-0.15, -0.1) is 0 Å². The summed E-state index contributed by atoms with van der Waals surface area (Å²) in [5, 5.41) is 2.13. The predicted molar refractivity (Wildman–Crippen MR) is 122 cm³/mol. The Morgan fingerprint density at radius 1 is 1.03 bits per heavy atom. The Labute approximate surface area is 183 Å². The summed E-state index contributed by atoms with van der Waals surface area (Å²) in [6.45, 7) is 5.42. The van der Waals surface area contributed by atoms with Crippen molar-refractivity contribution < 1.29 is 18.7 Å². The lowest BCUT2D eigenvalue weighted by molar-refractivity contribution is 0.101. The molecule has 0 N–H and O–H groups in total. The Bertz CT molecular complexity index is 1370. The second-order valence-electron chi connectivity index (χ2n) is 7.13. The molecule has 0 unspecified atom stereocenters. The number of thiazole rings is 1. The van der Waals surface area contributed by atoms with E-state index in [4.69, 9.17) is 18.9 Å². The lowest BCUT2D eigenvalue weighted by Crippen LogP contribution is -2.04. The third kappa shape index (κ3) is 4.09. The van der Waals surface area contributed by atoms with Gasteiger partial charge in [-0.2, -0.15) is 0 Å². The van der Waals surface area contributed by atoms with Crippen LogP contribution in [0.1, 0.15) is 27.9 Å². The molecule has 0 radical (unpaired) electrons. The number of carbonyl (C=O) groups excluding carboxylic acids is 1. The van der Waals surface area contributed by atoms with E-state index in [0.29, 0.717) is 33.7 Å². The van der Waals surface area contributed by atoms with E-state index in [-0.39, 0.29) is 5.78 Å². The van der Waals surface area contributed by atoms with Gasteiger partial charge in [-0.05, 0) is 44.2 Å². The van der Waals surface area contributed by atoms with Gasteiger partial charge in [0.15, 0.2) is 17.3 Å². The van der Waals surface area contributed by atoms with Gasteiger partial charge in [0, 0.05) is 28.8 Å². The SMILES string of the molecule is COc1ccc(-c2c/c(=N\c3nc(C(C)=O)c(C)s3)c3cc(C)ccc3o2)cc1OC. The van der Waals surface area contributed by atoms with Crippen LogP contribution in [0.5, 0.6) is 11.5 Å². The van der Waals surface area contributed by atoms with Crippen LogP contribution in [-0.2, 0) is 0 Å². The summed E-state index contributed by atoms with van der Waals surface area (Å²) in [7, 11) is 3.20. The number of fused-ring (bicyclic) bond motifs is 1. The van der Waals surface area contributed by atoms with Crippen LogP contribution in [0.25, 0.3) is 22.3 Å². The van der Waals surface area contributed by atoms with Crippen molar-refractivity contribution in [1.29, 1.82) is 0 Å². The molecule has 0 aliphatic rings. The zero-order valence-corrected chi connectivity index (χ0v) is 18.8. The molecule has 0 atom stereocenters. The first kappa shape index (κ1) is 20.8. The van der Waals surface area contributed by atoms with Crippen molar-refractivity contribution in [3.05, 3.63) is 64.0 Å². The van der Waals surface area contributed by atoms with Crippen LogP contribution in [0.15, 0.2) is 51.9 Å². The van der Waals surface area contributed by atoms with Crippen LogP contribution < -0.4 is 14.8 Å². The number of carbonyl (C=O) groups is 1. The minimum absolute atomic E-state index is 0.0648. The number of hydrogen-bond acceptors (Lipinski definition) is 7. The van der Waals surface area contributed by atoms with Gasteiger partial charge in [-0.1, -0.05) is 23.0 Å². The molecule has 0 amide bonds. The fourth-order valence-electron chi connectivity index (χ4n) is 3.37. The molecule has 2 aromatic carbocycles. The van der Waals surface area contributed by atoms with Crippen LogP contribution in [-0.4, -0.2) is 25.0 Å². The minimum Gasteiger partial charge on any atom is -0.493 e. The number of ether oxygens (including phenoxy) is 2. The monoisotopic (exact) mass is 434 g/mol. The first-order chi connectivity index (χ1) is 14.9. The number of ketones is 1. The Kier molecular flexibility index (Phi) is 5.61. The summed E-state index contributed by atoms with van der Waals surface area (Å²) in [5.74, 6) is 1.82. The Morgan fingerprint density at radius 3 is 2.48 bits per heavy atom. The number of benzene rings is 2. The smallest absolute Gasteiger partial charge is 0.210 e. The number of rotatable bonds is 5. The van der Waals surface area contributed by atoms with Crippen molar-refractivity contribution in [2.75, 3.05) is 14.2 Å². The summed E-state index contributed by atoms with van der Waals surface area (Å²) in [5.41, 5.74) is 3.09. The zero-order valence-electron chi connectivity index (χ0n) is 18.0. The molecule has 158 valence electrons. The lowest BCUT2D eigenvalue weighted by Gasteiger charge is -2.10. The first-order valence-corrected chi connectivity index (χ1v) is 10.5. The summed E-state index contributed by atoms with van der Waals surface area (Å²) < 4.78 is 17.0.